The van der Waals surface area contributed by atoms with Gasteiger partial charge in [0.25, 0.3) is 0 Å². The third kappa shape index (κ3) is 6.58. The van der Waals surface area contributed by atoms with Crippen LogP contribution in [0.5, 0.6) is 5.75 Å². The van der Waals surface area contributed by atoms with Gasteiger partial charge in [0.2, 0.25) is 10.0 Å². The summed E-state index contributed by atoms with van der Waals surface area (Å²) >= 11 is 0. The largest absolute Gasteiger partial charge is 0.492 e. The van der Waals surface area contributed by atoms with Crippen molar-refractivity contribution in [1.82, 2.24) is 9.62 Å². The Morgan fingerprint density at radius 3 is 2.55 bits per heavy atom. The molecule has 3 N–H and O–H groups in total. The van der Waals surface area contributed by atoms with Crippen LogP contribution in [0.4, 0.5) is 10.5 Å². The maximum Gasteiger partial charge on any atom is 0.322 e. The van der Waals surface area contributed by atoms with E-state index in [1.54, 1.807) is 18.7 Å². The van der Waals surface area contributed by atoms with Gasteiger partial charge >= 0.3 is 12.0 Å². The molecule has 2 rings (SSSR count). The molecule has 1 fully saturated rings. The van der Waals surface area contributed by atoms with E-state index in [2.05, 4.69) is 10.0 Å². The zero-order valence-corrected chi connectivity index (χ0v) is 17.3. The van der Waals surface area contributed by atoms with Crippen LogP contribution in [0.2, 0.25) is 0 Å². The van der Waals surface area contributed by atoms with Crippen LogP contribution >= 0.6 is 0 Å². The molecule has 1 aromatic carbocycles. The first-order valence-electron chi connectivity index (χ1n) is 9.41. The minimum atomic E-state index is -3.99. The van der Waals surface area contributed by atoms with Crippen molar-refractivity contribution < 1.29 is 32.6 Å². The Morgan fingerprint density at radius 2 is 1.97 bits per heavy atom. The van der Waals surface area contributed by atoms with Gasteiger partial charge in [0, 0.05) is 19.1 Å². The number of aliphatic carboxylic acids is 1. The molecule has 10 nitrogen and oxygen atoms in total. The summed E-state index contributed by atoms with van der Waals surface area (Å²) in [5.74, 6) is -0.754. The normalized spacial score (nSPS) is 15.6. The van der Waals surface area contributed by atoms with Crippen LogP contribution in [-0.2, 0) is 19.6 Å². The molecule has 1 heterocycles. The molecule has 0 saturated carbocycles. The Bertz CT molecular complexity index is 823. The van der Waals surface area contributed by atoms with Gasteiger partial charge in [0.05, 0.1) is 36.8 Å². The van der Waals surface area contributed by atoms with E-state index in [1.807, 2.05) is 0 Å². The van der Waals surface area contributed by atoms with Gasteiger partial charge in [0.15, 0.2) is 0 Å². The lowest BCUT2D eigenvalue weighted by molar-refractivity contribution is -0.137. The fraction of sp³-hybridized carbons (Fsp3) is 0.556. The van der Waals surface area contributed by atoms with Crippen molar-refractivity contribution in [1.29, 1.82) is 0 Å². The third-order valence-corrected chi connectivity index (χ3v) is 5.85. The number of nitrogens with zero attached hydrogens (tertiary/aromatic N) is 1. The molecule has 1 atom stereocenters. The average Bonchev–Trinajstić information content (AvgIpc) is 2.69. The van der Waals surface area contributed by atoms with Crippen LogP contribution < -0.4 is 14.8 Å². The number of rotatable bonds is 9. The second-order valence-corrected chi connectivity index (χ2v) is 8.16. The number of amides is 2. The molecule has 0 aromatic heterocycles. The van der Waals surface area contributed by atoms with E-state index < -0.39 is 22.0 Å². The predicted octanol–water partition coefficient (Wildman–Crippen LogP) is 1.48. The van der Waals surface area contributed by atoms with Gasteiger partial charge in [-0.05, 0) is 31.5 Å². The van der Waals surface area contributed by atoms with E-state index >= 15 is 0 Å². The first-order chi connectivity index (χ1) is 13.8. The van der Waals surface area contributed by atoms with E-state index in [0.29, 0.717) is 45.1 Å². The van der Waals surface area contributed by atoms with Crippen LogP contribution in [0.1, 0.15) is 26.7 Å². The number of carboxylic acids is 1. The number of hydrogen-bond donors (Lipinski definition) is 3. The average molecular weight is 429 g/mol. The first kappa shape index (κ1) is 22.9. The molecule has 0 unspecified atom stereocenters. The molecule has 1 saturated heterocycles. The van der Waals surface area contributed by atoms with Gasteiger partial charge < -0.3 is 24.8 Å². The summed E-state index contributed by atoms with van der Waals surface area (Å²) in [6.07, 6.45) is -0.00341. The van der Waals surface area contributed by atoms with Crippen molar-refractivity contribution >= 4 is 27.7 Å². The molecule has 0 aliphatic carbocycles. The smallest absolute Gasteiger partial charge is 0.322 e. The number of anilines is 1. The van der Waals surface area contributed by atoms with Crippen LogP contribution in [-0.4, -0.2) is 69.4 Å². The lowest BCUT2D eigenvalue weighted by Crippen LogP contribution is -2.43. The number of benzene rings is 1. The number of urea groups is 1. The Morgan fingerprint density at radius 1 is 1.28 bits per heavy atom. The van der Waals surface area contributed by atoms with Crippen LogP contribution in [0.15, 0.2) is 23.1 Å². The number of nitrogens with one attached hydrogen (secondary N) is 2. The molecule has 2 amide bonds. The zero-order valence-electron chi connectivity index (χ0n) is 16.5. The molecular formula is C18H27N3O7S. The summed E-state index contributed by atoms with van der Waals surface area (Å²) < 4.78 is 38.5. The molecule has 1 aliphatic heterocycles. The fourth-order valence-electron chi connectivity index (χ4n) is 2.78. The third-order valence-electron chi connectivity index (χ3n) is 4.34. The highest BCUT2D eigenvalue weighted by molar-refractivity contribution is 7.89. The second kappa shape index (κ2) is 10.4. The summed E-state index contributed by atoms with van der Waals surface area (Å²) in [6.45, 7) is 5.55. The molecule has 1 aliphatic rings. The number of ether oxygens (including phenoxy) is 2. The summed E-state index contributed by atoms with van der Waals surface area (Å²) in [5.41, 5.74) is 0.220. The van der Waals surface area contributed by atoms with E-state index in [9.17, 15) is 18.0 Å². The van der Waals surface area contributed by atoms with Gasteiger partial charge in [-0.1, -0.05) is 6.92 Å². The van der Waals surface area contributed by atoms with E-state index in [1.165, 1.54) is 18.2 Å². The molecule has 162 valence electrons. The predicted molar refractivity (Wildman–Crippen MR) is 106 cm³/mol. The van der Waals surface area contributed by atoms with Gasteiger partial charge in [-0.15, -0.1) is 0 Å². The van der Waals surface area contributed by atoms with Crippen molar-refractivity contribution in [3.8, 4) is 5.75 Å². The molecule has 11 heteroatoms. The van der Waals surface area contributed by atoms with Crippen molar-refractivity contribution in [2.75, 3.05) is 38.2 Å². The van der Waals surface area contributed by atoms with Crippen molar-refractivity contribution in [3.05, 3.63) is 18.2 Å². The van der Waals surface area contributed by atoms with Crippen LogP contribution in [0.25, 0.3) is 0 Å². The second-order valence-electron chi connectivity index (χ2n) is 6.44. The fourth-order valence-corrected chi connectivity index (χ4v) is 4.13. The Labute approximate surface area is 170 Å². The quantitative estimate of drug-likeness (QED) is 0.541. The van der Waals surface area contributed by atoms with Gasteiger partial charge in [-0.25, -0.2) is 17.9 Å². The van der Waals surface area contributed by atoms with E-state index in [-0.39, 0.29) is 23.0 Å². The minimum Gasteiger partial charge on any atom is -0.492 e. The molecule has 29 heavy (non-hydrogen) atoms. The minimum absolute atomic E-state index is 0.0953. The topological polar surface area (TPSA) is 134 Å². The Balaban J connectivity index is 2.25. The van der Waals surface area contributed by atoms with Crippen molar-refractivity contribution in [2.45, 2.75) is 37.6 Å². The zero-order chi connectivity index (χ0) is 21.4. The van der Waals surface area contributed by atoms with Crippen LogP contribution in [0, 0.1) is 0 Å². The number of carbonyl (C=O) groups is 2. The van der Waals surface area contributed by atoms with Gasteiger partial charge in [-0.2, -0.15) is 0 Å². The Hall–Kier alpha value is -2.37. The lowest BCUT2D eigenvalue weighted by atomic mass is 10.2. The van der Waals surface area contributed by atoms with Gasteiger partial charge in [0.1, 0.15) is 5.75 Å². The first-order valence-corrected chi connectivity index (χ1v) is 10.9. The highest BCUT2D eigenvalue weighted by atomic mass is 32.2. The SMILES string of the molecule is CCOc1ccc(S(=O)(=O)N[C@@H](CC)CC(=O)O)cc1NC(=O)N1CCOCC1. The standard InChI is InChI=1S/C18H27N3O7S/c1-3-13(11-17(22)23)20-29(25,26)14-5-6-16(28-4-2)15(12-14)19-18(24)21-7-9-27-10-8-21/h5-6,12-13,20H,3-4,7-11H2,1-2H3,(H,19,24)(H,22,23)/t13-/m0/s1. The highest BCUT2D eigenvalue weighted by Gasteiger charge is 2.24. The maximum absolute atomic E-state index is 12.7. The Kier molecular flexibility index (Phi) is 8.23. The van der Waals surface area contributed by atoms with Crippen molar-refractivity contribution in [2.24, 2.45) is 0 Å². The summed E-state index contributed by atoms with van der Waals surface area (Å²) in [7, 11) is -3.99. The van der Waals surface area contributed by atoms with E-state index in [4.69, 9.17) is 14.6 Å². The van der Waals surface area contributed by atoms with Gasteiger partial charge in [-0.3, -0.25) is 4.79 Å². The highest BCUT2D eigenvalue weighted by Crippen LogP contribution is 2.28. The molecule has 0 spiro atoms. The molecule has 0 bridgehead atoms. The summed E-state index contributed by atoms with van der Waals surface area (Å²) in [4.78, 5) is 24.9. The number of carboxylic acid groups (broad SMARTS) is 1. The molecule has 0 radical (unpaired) electrons. The number of carbonyl (C=O) groups excluding carboxylic acids is 1. The molecular weight excluding hydrogens is 402 g/mol. The summed E-state index contributed by atoms with van der Waals surface area (Å²) in [6, 6.07) is 3.00. The maximum atomic E-state index is 12.7. The number of sulfonamides is 1. The lowest BCUT2D eigenvalue weighted by Gasteiger charge is -2.27. The number of hydrogen-bond acceptors (Lipinski definition) is 6. The van der Waals surface area contributed by atoms with Crippen LogP contribution in [0.3, 0.4) is 0 Å². The van der Waals surface area contributed by atoms with E-state index in [0.717, 1.165) is 0 Å². The van der Waals surface area contributed by atoms with Crippen molar-refractivity contribution in [3.63, 3.8) is 0 Å². The summed E-state index contributed by atoms with van der Waals surface area (Å²) in [5, 5.41) is 11.6. The molecule has 1 aromatic rings. The number of morpholine rings is 1. The monoisotopic (exact) mass is 429 g/mol.